The minimum absolute atomic E-state index is 1.07. The molecule has 3 rings (SSSR count). The van der Waals surface area contributed by atoms with Gasteiger partial charge in [0.25, 0.3) is 0 Å². The number of rotatable bonds is 2. The van der Waals surface area contributed by atoms with Crippen LogP contribution >= 0.6 is 23.5 Å². The van der Waals surface area contributed by atoms with Crippen molar-refractivity contribution in [3.8, 4) is 0 Å². The van der Waals surface area contributed by atoms with E-state index in [1.54, 1.807) is 0 Å². The number of hydrogen-bond acceptors (Lipinski definition) is 3. The molecule has 0 radical (unpaired) electrons. The lowest BCUT2D eigenvalue weighted by atomic mass is 10.0. The topological polar surface area (TPSA) is 12.9 Å². The molecule has 0 N–H and O–H groups in total. The van der Waals surface area contributed by atoms with Gasteiger partial charge in [0.1, 0.15) is 0 Å². The molecular weight excluding hydrogens is 270 g/mol. The number of nitrogens with zero attached hydrogens (tertiary/aromatic N) is 1. The summed E-state index contributed by atoms with van der Waals surface area (Å²) in [4.78, 5) is 4.55. The van der Waals surface area contributed by atoms with Crippen LogP contribution in [0.2, 0.25) is 0 Å². The van der Waals surface area contributed by atoms with Gasteiger partial charge in [0.15, 0.2) is 0 Å². The Balaban J connectivity index is 2.11. The van der Waals surface area contributed by atoms with E-state index in [9.17, 15) is 0 Å². The Labute approximate surface area is 122 Å². The summed E-state index contributed by atoms with van der Waals surface area (Å²) in [5.74, 6) is 2.43. The van der Waals surface area contributed by atoms with E-state index in [1.165, 1.54) is 33.3 Å². The van der Waals surface area contributed by atoms with Crippen LogP contribution in [0.15, 0.2) is 59.0 Å². The number of pyridine rings is 1. The molecule has 96 valence electrons. The quantitative estimate of drug-likeness (QED) is 0.796. The Kier molecular flexibility index (Phi) is 4.26. The van der Waals surface area contributed by atoms with Crippen molar-refractivity contribution >= 4 is 29.1 Å². The molecule has 1 aliphatic rings. The zero-order valence-electron chi connectivity index (χ0n) is 10.6. The number of benzene rings is 1. The number of aromatic nitrogens is 1. The van der Waals surface area contributed by atoms with Crippen molar-refractivity contribution in [3.63, 3.8) is 0 Å². The van der Waals surface area contributed by atoms with Crippen LogP contribution in [0.3, 0.4) is 0 Å². The highest BCUT2D eigenvalue weighted by molar-refractivity contribution is 8.23. The summed E-state index contributed by atoms with van der Waals surface area (Å²) in [6.07, 6.45) is 3.17. The fraction of sp³-hybridized carbons (Fsp3) is 0.188. The first-order chi connectivity index (χ1) is 9.45. The van der Waals surface area contributed by atoms with E-state index in [2.05, 4.69) is 47.4 Å². The monoisotopic (exact) mass is 285 g/mol. The van der Waals surface area contributed by atoms with Crippen LogP contribution in [0.1, 0.15) is 17.7 Å². The summed E-state index contributed by atoms with van der Waals surface area (Å²) in [6.45, 7) is 0. The fourth-order valence-electron chi connectivity index (χ4n) is 2.06. The van der Waals surface area contributed by atoms with Crippen molar-refractivity contribution in [3.05, 3.63) is 70.2 Å². The molecule has 0 unspecified atom stereocenters. The molecular formula is C16H15NS2. The van der Waals surface area contributed by atoms with Gasteiger partial charge in [-0.3, -0.25) is 4.98 Å². The average Bonchev–Trinajstić information content (AvgIpc) is 2.51. The summed E-state index contributed by atoms with van der Waals surface area (Å²) >= 11 is 3.93. The third kappa shape index (κ3) is 3.04. The van der Waals surface area contributed by atoms with Gasteiger partial charge in [0.05, 0.1) is 9.93 Å². The lowest BCUT2D eigenvalue weighted by Gasteiger charge is -2.18. The van der Waals surface area contributed by atoms with E-state index in [0.717, 1.165) is 5.69 Å². The molecule has 0 amide bonds. The van der Waals surface area contributed by atoms with Crippen LogP contribution in [-0.4, -0.2) is 16.5 Å². The highest BCUT2D eigenvalue weighted by Crippen LogP contribution is 2.42. The molecule has 0 aliphatic carbocycles. The Bertz CT molecular complexity index is 514. The fourth-order valence-corrected chi connectivity index (χ4v) is 4.76. The summed E-state index contributed by atoms with van der Waals surface area (Å²) in [5, 5.41) is 0. The first kappa shape index (κ1) is 12.8. The Morgan fingerprint density at radius 1 is 0.895 bits per heavy atom. The number of hydrogen-bond donors (Lipinski definition) is 0. The molecule has 1 aromatic carbocycles. The molecule has 2 aromatic rings. The summed E-state index contributed by atoms with van der Waals surface area (Å²) in [5.41, 5.74) is 3.62. The average molecular weight is 285 g/mol. The van der Waals surface area contributed by atoms with Crippen molar-refractivity contribution in [2.75, 3.05) is 11.5 Å². The molecule has 1 aliphatic heterocycles. The van der Waals surface area contributed by atoms with E-state index >= 15 is 0 Å². The second kappa shape index (κ2) is 6.31. The Morgan fingerprint density at radius 3 is 2.32 bits per heavy atom. The standard InChI is InChI=1S/C16H15NS2/c1-2-7-13(8-3-1)15(14-9-4-5-10-17-14)16-18-11-6-12-19-16/h1-5,7-10H,6,11-12H2. The van der Waals surface area contributed by atoms with Crippen LogP contribution in [0.4, 0.5) is 0 Å². The van der Waals surface area contributed by atoms with Gasteiger partial charge < -0.3 is 0 Å². The van der Waals surface area contributed by atoms with E-state index < -0.39 is 0 Å². The molecule has 1 aromatic heterocycles. The maximum atomic E-state index is 4.55. The third-order valence-electron chi connectivity index (χ3n) is 2.94. The highest BCUT2D eigenvalue weighted by Gasteiger charge is 2.16. The van der Waals surface area contributed by atoms with Crippen molar-refractivity contribution in [2.24, 2.45) is 0 Å². The zero-order valence-corrected chi connectivity index (χ0v) is 12.2. The summed E-state index contributed by atoms with van der Waals surface area (Å²) in [6, 6.07) is 16.7. The van der Waals surface area contributed by atoms with Crippen LogP contribution in [0.5, 0.6) is 0 Å². The normalized spacial score (nSPS) is 15.3. The van der Waals surface area contributed by atoms with Crippen LogP contribution in [0, 0.1) is 0 Å². The lowest BCUT2D eigenvalue weighted by Crippen LogP contribution is -1.98. The summed E-state index contributed by atoms with van der Waals surface area (Å²) in [7, 11) is 0. The molecule has 0 saturated carbocycles. The van der Waals surface area contributed by atoms with E-state index in [-0.39, 0.29) is 0 Å². The molecule has 1 nitrogen and oxygen atoms in total. The summed E-state index contributed by atoms with van der Waals surface area (Å²) < 4.78 is 1.41. The largest absolute Gasteiger partial charge is 0.256 e. The Hall–Kier alpha value is -1.19. The van der Waals surface area contributed by atoms with Gasteiger partial charge in [-0.1, -0.05) is 36.4 Å². The van der Waals surface area contributed by atoms with Gasteiger partial charge in [-0.25, -0.2) is 0 Å². The van der Waals surface area contributed by atoms with Gasteiger partial charge in [-0.05, 0) is 35.6 Å². The second-order valence-corrected chi connectivity index (χ2v) is 6.76. The maximum Gasteiger partial charge on any atom is 0.0724 e. The molecule has 0 atom stereocenters. The predicted octanol–water partition coefficient (Wildman–Crippen LogP) is 4.67. The highest BCUT2D eigenvalue weighted by atomic mass is 32.2. The lowest BCUT2D eigenvalue weighted by molar-refractivity contribution is 1.12. The van der Waals surface area contributed by atoms with Crippen molar-refractivity contribution < 1.29 is 0 Å². The number of thioether (sulfide) groups is 2. The minimum Gasteiger partial charge on any atom is -0.256 e. The van der Waals surface area contributed by atoms with Crippen LogP contribution < -0.4 is 0 Å². The van der Waals surface area contributed by atoms with Crippen molar-refractivity contribution in [2.45, 2.75) is 6.42 Å². The van der Waals surface area contributed by atoms with Gasteiger partial charge in [0, 0.05) is 11.8 Å². The SMILES string of the molecule is c1ccc(C(=C2SCCCS2)c2ccccn2)cc1. The molecule has 1 saturated heterocycles. The maximum absolute atomic E-state index is 4.55. The van der Waals surface area contributed by atoms with Crippen LogP contribution in [0.25, 0.3) is 5.57 Å². The predicted molar refractivity (Wildman–Crippen MR) is 86.2 cm³/mol. The third-order valence-corrected chi connectivity index (χ3v) is 5.57. The minimum atomic E-state index is 1.07. The van der Waals surface area contributed by atoms with Gasteiger partial charge in [-0.2, -0.15) is 0 Å². The van der Waals surface area contributed by atoms with Crippen molar-refractivity contribution in [1.82, 2.24) is 4.98 Å². The van der Waals surface area contributed by atoms with Crippen molar-refractivity contribution in [1.29, 1.82) is 0 Å². The zero-order chi connectivity index (χ0) is 12.9. The smallest absolute Gasteiger partial charge is 0.0724 e. The first-order valence-corrected chi connectivity index (χ1v) is 8.39. The molecule has 19 heavy (non-hydrogen) atoms. The van der Waals surface area contributed by atoms with E-state index in [1.807, 2.05) is 35.8 Å². The molecule has 0 spiro atoms. The van der Waals surface area contributed by atoms with E-state index in [0.29, 0.717) is 0 Å². The van der Waals surface area contributed by atoms with Gasteiger partial charge in [-0.15, -0.1) is 23.5 Å². The Morgan fingerprint density at radius 2 is 1.63 bits per heavy atom. The van der Waals surface area contributed by atoms with Crippen LogP contribution in [-0.2, 0) is 0 Å². The molecule has 0 bridgehead atoms. The molecule has 3 heteroatoms. The van der Waals surface area contributed by atoms with E-state index in [4.69, 9.17) is 0 Å². The second-order valence-electron chi connectivity index (χ2n) is 4.29. The van der Waals surface area contributed by atoms with Gasteiger partial charge >= 0.3 is 0 Å². The molecule has 1 fully saturated rings. The van der Waals surface area contributed by atoms with Gasteiger partial charge in [0.2, 0.25) is 0 Å². The first-order valence-electron chi connectivity index (χ1n) is 6.42. The molecule has 2 heterocycles.